The van der Waals surface area contributed by atoms with Crippen molar-refractivity contribution >= 4 is 5.91 Å². The van der Waals surface area contributed by atoms with Gasteiger partial charge in [0.05, 0.1) is 13.2 Å². The maximum atomic E-state index is 11.7. The number of nitrogens with one attached hydrogen (secondary N) is 1. The minimum Gasteiger partial charge on any atom is -0.493 e. The van der Waals surface area contributed by atoms with Crippen molar-refractivity contribution in [2.24, 2.45) is 0 Å². The third kappa shape index (κ3) is 4.90. The Kier molecular flexibility index (Phi) is 5.98. The lowest BCUT2D eigenvalue weighted by Crippen LogP contribution is -2.26. The molecule has 22 heavy (non-hydrogen) atoms. The fraction of sp³-hybridized carbons (Fsp3) is 0.278. The van der Waals surface area contributed by atoms with Gasteiger partial charge in [0.1, 0.15) is 5.75 Å². The SMILES string of the molecule is Cc1ccc(CCOc2ccc(C(=O)NCCO)cc2)cc1. The molecule has 0 aliphatic heterocycles. The van der Waals surface area contributed by atoms with Crippen LogP contribution >= 0.6 is 0 Å². The lowest BCUT2D eigenvalue weighted by molar-refractivity contribution is 0.0944. The van der Waals surface area contributed by atoms with E-state index >= 15 is 0 Å². The van der Waals surface area contributed by atoms with E-state index in [0.29, 0.717) is 12.2 Å². The van der Waals surface area contributed by atoms with Gasteiger partial charge in [-0.2, -0.15) is 0 Å². The molecule has 0 saturated heterocycles. The average Bonchev–Trinajstić information content (AvgIpc) is 2.55. The van der Waals surface area contributed by atoms with Crippen LogP contribution in [0.1, 0.15) is 21.5 Å². The van der Waals surface area contributed by atoms with Crippen molar-refractivity contribution in [3.05, 3.63) is 65.2 Å². The van der Waals surface area contributed by atoms with Crippen molar-refractivity contribution in [3.63, 3.8) is 0 Å². The van der Waals surface area contributed by atoms with E-state index in [-0.39, 0.29) is 19.1 Å². The molecule has 1 amide bonds. The van der Waals surface area contributed by atoms with Gasteiger partial charge in [0.15, 0.2) is 0 Å². The number of amides is 1. The minimum atomic E-state index is -0.194. The normalized spacial score (nSPS) is 10.3. The molecule has 0 atom stereocenters. The van der Waals surface area contributed by atoms with Gasteiger partial charge in [-0.25, -0.2) is 0 Å². The molecule has 2 N–H and O–H groups in total. The first-order valence-electron chi connectivity index (χ1n) is 7.36. The molecule has 0 fully saturated rings. The van der Waals surface area contributed by atoms with Gasteiger partial charge in [-0.3, -0.25) is 4.79 Å². The van der Waals surface area contributed by atoms with Crippen molar-refractivity contribution in [1.29, 1.82) is 0 Å². The van der Waals surface area contributed by atoms with Crippen molar-refractivity contribution in [1.82, 2.24) is 5.32 Å². The molecule has 4 heteroatoms. The quantitative estimate of drug-likeness (QED) is 0.825. The first-order chi connectivity index (χ1) is 10.7. The Morgan fingerprint density at radius 3 is 2.41 bits per heavy atom. The summed E-state index contributed by atoms with van der Waals surface area (Å²) in [6, 6.07) is 15.4. The maximum absolute atomic E-state index is 11.7. The van der Waals surface area contributed by atoms with Crippen LogP contribution < -0.4 is 10.1 Å². The molecule has 0 unspecified atom stereocenters. The Balaban J connectivity index is 1.81. The van der Waals surface area contributed by atoms with Crippen LogP contribution in [0.4, 0.5) is 0 Å². The van der Waals surface area contributed by atoms with Gasteiger partial charge >= 0.3 is 0 Å². The molecule has 0 heterocycles. The van der Waals surface area contributed by atoms with Crippen LogP contribution in [0.5, 0.6) is 5.75 Å². The summed E-state index contributed by atoms with van der Waals surface area (Å²) in [4.78, 5) is 11.7. The fourth-order valence-electron chi connectivity index (χ4n) is 2.02. The van der Waals surface area contributed by atoms with Gasteiger partial charge in [-0.1, -0.05) is 29.8 Å². The smallest absolute Gasteiger partial charge is 0.251 e. The van der Waals surface area contributed by atoms with E-state index in [0.717, 1.165) is 12.2 Å². The number of rotatable bonds is 7. The lowest BCUT2D eigenvalue weighted by Gasteiger charge is -2.08. The number of aryl methyl sites for hydroxylation is 1. The van der Waals surface area contributed by atoms with E-state index < -0.39 is 0 Å². The van der Waals surface area contributed by atoms with Gasteiger partial charge in [0.2, 0.25) is 0 Å². The number of benzene rings is 2. The summed E-state index contributed by atoms with van der Waals surface area (Å²) in [5, 5.41) is 11.3. The summed E-state index contributed by atoms with van der Waals surface area (Å²) in [5.74, 6) is 0.547. The largest absolute Gasteiger partial charge is 0.493 e. The lowest BCUT2D eigenvalue weighted by atomic mass is 10.1. The topological polar surface area (TPSA) is 58.6 Å². The zero-order valence-corrected chi connectivity index (χ0v) is 12.7. The highest BCUT2D eigenvalue weighted by molar-refractivity contribution is 5.94. The second-order valence-corrected chi connectivity index (χ2v) is 5.09. The molecule has 0 bridgehead atoms. The van der Waals surface area contributed by atoms with Gasteiger partial charge in [0.25, 0.3) is 5.91 Å². The Morgan fingerprint density at radius 2 is 1.77 bits per heavy atom. The molecule has 4 nitrogen and oxygen atoms in total. The van der Waals surface area contributed by atoms with Crippen molar-refractivity contribution in [2.45, 2.75) is 13.3 Å². The molecule has 0 spiro atoms. The van der Waals surface area contributed by atoms with E-state index in [1.165, 1.54) is 11.1 Å². The van der Waals surface area contributed by atoms with E-state index in [1.54, 1.807) is 24.3 Å². The molecule has 0 radical (unpaired) electrons. The van der Waals surface area contributed by atoms with Crippen LogP contribution in [-0.2, 0) is 6.42 Å². The van der Waals surface area contributed by atoms with Crippen molar-refractivity contribution in [2.75, 3.05) is 19.8 Å². The van der Waals surface area contributed by atoms with Crippen LogP contribution in [0.3, 0.4) is 0 Å². The summed E-state index contributed by atoms with van der Waals surface area (Å²) in [5.41, 5.74) is 3.05. The summed E-state index contributed by atoms with van der Waals surface area (Å²) < 4.78 is 5.68. The standard InChI is InChI=1S/C18H21NO3/c1-14-2-4-15(5-3-14)10-13-22-17-8-6-16(7-9-17)18(21)19-11-12-20/h2-9,20H,10-13H2,1H3,(H,19,21). The van der Waals surface area contributed by atoms with Crippen molar-refractivity contribution < 1.29 is 14.6 Å². The second-order valence-electron chi connectivity index (χ2n) is 5.09. The Labute approximate surface area is 130 Å². The van der Waals surface area contributed by atoms with Crippen LogP contribution in [0.15, 0.2) is 48.5 Å². The van der Waals surface area contributed by atoms with Gasteiger partial charge in [-0.15, -0.1) is 0 Å². The predicted molar refractivity (Wildman–Crippen MR) is 86.2 cm³/mol. The number of hydrogen-bond acceptors (Lipinski definition) is 3. The predicted octanol–water partition coefficient (Wildman–Crippen LogP) is 2.34. The number of carbonyl (C=O) groups is 1. The third-order valence-electron chi connectivity index (χ3n) is 3.29. The van der Waals surface area contributed by atoms with E-state index in [9.17, 15) is 4.79 Å². The van der Waals surface area contributed by atoms with Crippen LogP contribution in [-0.4, -0.2) is 30.8 Å². The van der Waals surface area contributed by atoms with E-state index in [1.807, 2.05) is 0 Å². The summed E-state index contributed by atoms with van der Waals surface area (Å²) in [6.07, 6.45) is 0.846. The highest BCUT2D eigenvalue weighted by atomic mass is 16.5. The van der Waals surface area contributed by atoms with Crippen LogP contribution in [0.2, 0.25) is 0 Å². The summed E-state index contributed by atoms with van der Waals surface area (Å²) in [6.45, 7) is 2.86. The maximum Gasteiger partial charge on any atom is 0.251 e. The summed E-state index contributed by atoms with van der Waals surface area (Å²) >= 11 is 0. The van der Waals surface area contributed by atoms with Gasteiger partial charge in [0, 0.05) is 18.5 Å². The first-order valence-corrected chi connectivity index (χ1v) is 7.36. The molecule has 2 rings (SSSR count). The fourth-order valence-corrected chi connectivity index (χ4v) is 2.02. The monoisotopic (exact) mass is 299 g/mol. The number of ether oxygens (including phenoxy) is 1. The average molecular weight is 299 g/mol. The number of carbonyl (C=O) groups excluding carboxylic acids is 1. The zero-order valence-electron chi connectivity index (χ0n) is 12.7. The van der Waals surface area contributed by atoms with Crippen LogP contribution in [0, 0.1) is 6.92 Å². The number of aliphatic hydroxyl groups excluding tert-OH is 1. The van der Waals surface area contributed by atoms with Crippen molar-refractivity contribution in [3.8, 4) is 5.75 Å². The van der Waals surface area contributed by atoms with E-state index in [2.05, 4.69) is 36.5 Å². The minimum absolute atomic E-state index is 0.0635. The third-order valence-corrected chi connectivity index (χ3v) is 3.29. The molecule has 2 aromatic carbocycles. The Hall–Kier alpha value is -2.33. The van der Waals surface area contributed by atoms with Gasteiger partial charge < -0.3 is 15.2 Å². The first kappa shape index (κ1) is 16.0. The highest BCUT2D eigenvalue weighted by Crippen LogP contribution is 2.13. The highest BCUT2D eigenvalue weighted by Gasteiger charge is 2.04. The molecule has 2 aromatic rings. The van der Waals surface area contributed by atoms with E-state index in [4.69, 9.17) is 9.84 Å². The molecular weight excluding hydrogens is 278 g/mol. The Bertz CT molecular complexity index is 591. The second kappa shape index (κ2) is 8.20. The molecule has 0 aliphatic rings. The van der Waals surface area contributed by atoms with Crippen LogP contribution in [0.25, 0.3) is 0 Å². The zero-order chi connectivity index (χ0) is 15.8. The summed E-state index contributed by atoms with van der Waals surface area (Å²) in [7, 11) is 0. The molecule has 0 aliphatic carbocycles. The number of aliphatic hydroxyl groups is 1. The molecule has 0 saturated carbocycles. The number of hydrogen-bond donors (Lipinski definition) is 2. The Morgan fingerprint density at radius 1 is 1.09 bits per heavy atom. The van der Waals surface area contributed by atoms with Gasteiger partial charge in [-0.05, 0) is 36.8 Å². The molecule has 0 aromatic heterocycles. The molecule has 116 valence electrons. The molecular formula is C18H21NO3.